The molecule has 0 radical (unpaired) electrons. The Bertz CT molecular complexity index is 205. The molecule has 0 saturated carbocycles. The molecule has 0 aliphatic heterocycles. The lowest BCUT2D eigenvalue weighted by atomic mass is 10.1. The molecule has 6 heteroatoms. The van der Waals surface area contributed by atoms with Crippen molar-refractivity contribution in [1.29, 1.82) is 0 Å². The minimum Gasteiger partial charge on any atom is -0.372 e. The van der Waals surface area contributed by atoms with Crippen molar-refractivity contribution in [2.75, 3.05) is 19.8 Å². The third kappa shape index (κ3) is 11.3. The van der Waals surface area contributed by atoms with Crippen LogP contribution in [0.1, 0.15) is 26.7 Å². The summed E-state index contributed by atoms with van der Waals surface area (Å²) in [5.41, 5.74) is 0. The summed E-state index contributed by atoms with van der Waals surface area (Å²) in [5, 5.41) is 2.61. The number of rotatable bonds is 7. The first-order valence-corrected chi connectivity index (χ1v) is 5.22. The minimum absolute atomic E-state index is 0.00146. The van der Waals surface area contributed by atoms with Crippen LogP contribution in [-0.4, -0.2) is 31.8 Å². The lowest BCUT2D eigenvalue weighted by Gasteiger charge is -2.09. The average Bonchev–Trinajstić information content (AvgIpc) is 2.07. The van der Waals surface area contributed by atoms with Crippen LogP contribution in [0.5, 0.6) is 0 Å². The molecule has 0 atom stereocenters. The molecule has 0 spiro atoms. The van der Waals surface area contributed by atoms with Gasteiger partial charge >= 0.3 is 6.18 Å². The van der Waals surface area contributed by atoms with Gasteiger partial charge in [0.1, 0.15) is 6.61 Å². The van der Waals surface area contributed by atoms with E-state index in [1.54, 1.807) is 0 Å². The Balaban J connectivity index is 3.31. The van der Waals surface area contributed by atoms with Crippen molar-refractivity contribution in [3.8, 4) is 0 Å². The van der Waals surface area contributed by atoms with Crippen molar-refractivity contribution >= 4 is 5.91 Å². The molecule has 0 rings (SSSR count). The molecular formula is C10H18F3NO2. The van der Waals surface area contributed by atoms with Gasteiger partial charge in [-0.25, -0.2) is 0 Å². The molecule has 96 valence electrons. The van der Waals surface area contributed by atoms with Crippen LogP contribution in [0.3, 0.4) is 0 Å². The SMILES string of the molecule is CC(C)CC(=O)NCCCOCC(F)(F)F. The molecule has 0 fully saturated rings. The summed E-state index contributed by atoms with van der Waals surface area (Å²) in [5.74, 6) is 0.201. The van der Waals surface area contributed by atoms with Crippen molar-refractivity contribution in [2.24, 2.45) is 5.92 Å². The molecule has 0 aliphatic rings. The van der Waals surface area contributed by atoms with Gasteiger partial charge in [-0.05, 0) is 12.3 Å². The zero-order valence-corrected chi connectivity index (χ0v) is 9.56. The third-order valence-corrected chi connectivity index (χ3v) is 1.65. The van der Waals surface area contributed by atoms with Gasteiger partial charge in [0.25, 0.3) is 0 Å². The smallest absolute Gasteiger partial charge is 0.372 e. The molecule has 0 aromatic rings. The van der Waals surface area contributed by atoms with E-state index in [4.69, 9.17) is 0 Å². The van der Waals surface area contributed by atoms with Gasteiger partial charge in [-0.1, -0.05) is 13.8 Å². The normalized spacial score (nSPS) is 11.9. The van der Waals surface area contributed by atoms with Crippen LogP contribution < -0.4 is 5.32 Å². The van der Waals surface area contributed by atoms with E-state index in [0.29, 0.717) is 19.4 Å². The summed E-state index contributed by atoms with van der Waals surface area (Å²) in [6, 6.07) is 0. The summed E-state index contributed by atoms with van der Waals surface area (Å²) in [4.78, 5) is 11.1. The Morgan fingerprint density at radius 1 is 1.38 bits per heavy atom. The zero-order chi connectivity index (χ0) is 12.6. The highest BCUT2D eigenvalue weighted by Crippen LogP contribution is 2.14. The fourth-order valence-corrected chi connectivity index (χ4v) is 1.03. The molecule has 0 aromatic heterocycles. The van der Waals surface area contributed by atoms with Crippen LogP contribution in [0.2, 0.25) is 0 Å². The number of halogens is 3. The summed E-state index contributed by atoms with van der Waals surface area (Å²) in [6.07, 6.45) is -3.45. The van der Waals surface area contributed by atoms with E-state index < -0.39 is 12.8 Å². The molecule has 0 heterocycles. The van der Waals surface area contributed by atoms with Crippen LogP contribution in [0.25, 0.3) is 0 Å². The summed E-state index contributed by atoms with van der Waals surface area (Å²) >= 11 is 0. The maximum atomic E-state index is 11.6. The number of nitrogens with one attached hydrogen (secondary N) is 1. The van der Waals surface area contributed by atoms with Gasteiger partial charge in [-0.15, -0.1) is 0 Å². The Morgan fingerprint density at radius 3 is 2.50 bits per heavy atom. The van der Waals surface area contributed by atoms with E-state index in [0.717, 1.165) is 0 Å². The van der Waals surface area contributed by atoms with Crippen LogP contribution in [0, 0.1) is 5.92 Å². The molecule has 0 aromatic carbocycles. The van der Waals surface area contributed by atoms with Crippen LogP contribution in [0.15, 0.2) is 0 Å². The van der Waals surface area contributed by atoms with Gasteiger partial charge in [-0.3, -0.25) is 4.79 Å². The standard InChI is InChI=1S/C10H18F3NO2/c1-8(2)6-9(15)14-4-3-5-16-7-10(11,12)13/h8H,3-7H2,1-2H3,(H,14,15). The van der Waals surface area contributed by atoms with Crippen molar-refractivity contribution in [1.82, 2.24) is 5.32 Å². The van der Waals surface area contributed by atoms with Crippen LogP contribution in [-0.2, 0) is 9.53 Å². The molecular weight excluding hydrogens is 223 g/mol. The van der Waals surface area contributed by atoms with Crippen LogP contribution in [0.4, 0.5) is 13.2 Å². The Morgan fingerprint density at radius 2 is 2.00 bits per heavy atom. The van der Waals surface area contributed by atoms with Crippen molar-refractivity contribution in [3.63, 3.8) is 0 Å². The van der Waals surface area contributed by atoms with E-state index in [9.17, 15) is 18.0 Å². The van der Waals surface area contributed by atoms with Gasteiger partial charge < -0.3 is 10.1 Å². The molecule has 16 heavy (non-hydrogen) atoms. The van der Waals surface area contributed by atoms with Gasteiger partial charge in [-0.2, -0.15) is 13.2 Å². The van der Waals surface area contributed by atoms with E-state index in [1.807, 2.05) is 13.8 Å². The highest BCUT2D eigenvalue weighted by Gasteiger charge is 2.27. The Kier molecular flexibility index (Phi) is 7.12. The van der Waals surface area contributed by atoms with Crippen molar-refractivity contribution in [2.45, 2.75) is 32.9 Å². The number of carbonyl (C=O) groups excluding carboxylic acids is 1. The topological polar surface area (TPSA) is 38.3 Å². The maximum absolute atomic E-state index is 11.6. The average molecular weight is 241 g/mol. The number of hydrogen-bond donors (Lipinski definition) is 1. The molecule has 1 amide bonds. The second kappa shape index (κ2) is 7.49. The van der Waals surface area contributed by atoms with Crippen molar-refractivity contribution < 1.29 is 22.7 Å². The van der Waals surface area contributed by atoms with E-state index in [-0.39, 0.29) is 18.4 Å². The fraction of sp³-hybridized carbons (Fsp3) is 0.900. The van der Waals surface area contributed by atoms with Crippen LogP contribution >= 0.6 is 0 Å². The maximum Gasteiger partial charge on any atom is 0.411 e. The molecule has 0 bridgehead atoms. The van der Waals surface area contributed by atoms with E-state index in [1.165, 1.54) is 0 Å². The first-order valence-electron chi connectivity index (χ1n) is 5.22. The van der Waals surface area contributed by atoms with E-state index in [2.05, 4.69) is 10.1 Å². The van der Waals surface area contributed by atoms with Gasteiger partial charge in [0.2, 0.25) is 5.91 Å². The Labute approximate surface area is 93.3 Å². The summed E-state index contributed by atoms with van der Waals surface area (Å²) in [6.45, 7) is 2.97. The number of carbonyl (C=O) groups is 1. The number of ether oxygens (including phenoxy) is 1. The largest absolute Gasteiger partial charge is 0.411 e. The summed E-state index contributed by atoms with van der Waals surface area (Å²) in [7, 11) is 0. The van der Waals surface area contributed by atoms with Gasteiger partial charge in [0.15, 0.2) is 0 Å². The second-order valence-corrected chi connectivity index (χ2v) is 3.97. The van der Waals surface area contributed by atoms with Gasteiger partial charge in [0, 0.05) is 19.6 Å². The van der Waals surface area contributed by atoms with E-state index >= 15 is 0 Å². The second-order valence-electron chi connectivity index (χ2n) is 3.97. The third-order valence-electron chi connectivity index (χ3n) is 1.65. The lowest BCUT2D eigenvalue weighted by Crippen LogP contribution is -2.26. The molecule has 0 unspecified atom stereocenters. The molecule has 3 nitrogen and oxygen atoms in total. The minimum atomic E-state index is -4.28. The molecule has 0 saturated heterocycles. The Hall–Kier alpha value is -0.780. The molecule has 1 N–H and O–H groups in total. The number of alkyl halides is 3. The predicted octanol–water partition coefficient (Wildman–Crippen LogP) is 2.12. The molecule has 0 aliphatic carbocycles. The fourth-order valence-electron chi connectivity index (χ4n) is 1.03. The quantitative estimate of drug-likeness (QED) is 0.693. The number of amides is 1. The number of hydrogen-bond acceptors (Lipinski definition) is 2. The first kappa shape index (κ1) is 15.2. The highest BCUT2D eigenvalue weighted by molar-refractivity contribution is 5.75. The highest BCUT2D eigenvalue weighted by atomic mass is 19.4. The predicted molar refractivity (Wildman–Crippen MR) is 54.0 cm³/mol. The monoisotopic (exact) mass is 241 g/mol. The zero-order valence-electron chi connectivity index (χ0n) is 9.56. The van der Waals surface area contributed by atoms with Crippen molar-refractivity contribution in [3.05, 3.63) is 0 Å². The van der Waals surface area contributed by atoms with Gasteiger partial charge in [0.05, 0.1) is 0 Å². The first-order chi connectivity index (χ1) is 7.31. The lowest BCUT2D eigenvalue weighted by molar-refractivity contribution is -0.174. The summed E-state index contributed by atoms with van der Waals surface area (Å²) < 4.78 is 39.3.